The zero-order valence-corrected chi connectivity index (χ0v) is 14.4. The van der Waals surface area contributed by atoms with Gasteiger partial charge >= 0.3 is 0 Å². The lowest BCUT2D eigenvalue weighted by Crippen LogP contribution is -2.55. The highest BCUT2D eigenvalue weighted by Crippen LogP contribution is 2.25. The van der Waals surface area contributed by atoms with E-state index in [0.29, 0.717) is 6.04 Å². The molecule has 4 heteroatoms. The summed E-state index contributed by atoms with van der Waals surface area (Å²) in [7, 11) is 6.28. The molecule has 1 N–H and O–H groups in total. The average molecular weight is 303 g/mol. The van der Waals surface area contributed by atoms with Gasteiger partial charge in [0.15, 0.2) is 0 Å². The van der Waals surface area contributed by atoms with Crippen molar-refractivity contribution in [1.82, 2.24) is 15.2 Å². The second-order valence-electron chi connectivity index (χ2n) is 6.09. The zero-order chi connectivity index (χ0) is 15.5. The Bertz CT molecular complexity index is 560. The fourth-order valence-electron chi connectivity index (χ4n) is 2.34. The molecule has 0 spiro atoms. The number of likely N-dealkylation sites (N-methyl/N-ethyl adjacent to an activating group) is 2. The Morgan fingerprint density at radius 2 is 1.90 bits per heavy atom. The number of nitrogens with zero attached hydrogens (tertiary/aromatic N) is 2. The molecule has 1 aromatic heterocycles. The predicted molar refractivity (Wildman–Crippen MR) is 91.9 cm³/mol. The molecule has 2 aromatic rings. The Morgan fingerprint density at radius 3 is 2.48 bits per heavy atom. The fourth-order valence-corrected chi connectivity index (χ4v) is 3.19. The first-order valence-electron chi connectivity index (χ1n) is 7.29. The van der Waals surface area contributed by atoms with Crippen LogP contribution in [0, 0.1) is 0 Å². The summed E-state index contributed by atoms with van der Waals surface area (Å²) in [6, 6.07) is 10.7. The van der Waals surface area contributed by atoms with Crippen LogP contribution in [0.5, 0.6) is 0 Å². The van der Waals surface area contributed by atoms with Crippen molar-refractivity contribution in [2.24, 2.45) is 0 Å². The summed E-state index contributed by atoms with van der Waals surface area (Å²) in [6.07, 6.45) is 0.944. The number of thiazole rings is 1. The molecule has 0 amide bonds. The van der Waals surface area contributed by atoms with Crippen LogP contribution in [0.25, 0.3) is 11.3 Å². The molecular weight excluding hydrogens is 278 g/mol. The molecule has 0 aliphatic rings. The SMILES string of the molecule is CNC(Cc1nc(-c2ccccc2)cs1)C(C)(C)N(C)C. The Balaban J connectivity index is 2.15. The minimum Gasteiger partial charge on any atom is -0.315 e. The van der Waals surface area contributed by atoms with Gasteiger partial charge in [0, 0.05) is 28.9 Å². The van der Waals surface area contributed by atoms with Gasteiger partial charge in [-0.1, -0.05) is 30.3 Å². The van der Waals surface area contributed by atoms with Crippen LogP contribution in [-0.4, -0.2) is 42.6 Å². The van der Waals surface area contributed by atoms with Crippen molar-refractivity contribution in [1.29, 1.82) is 0 Å². The number of rotatable bonds is 6. The molecule has 1 aromatic carbocycles. The molecule has 0 saturated heterocycles. The van der Waals surface area contributed by atoms with Gasteiger partial charge in [0.25, 0.3) is 0 Å². The van der Waals surface area contributed by atoms with Crippen LogP contribution in [0.3, 0.4) is 0 Å². The van der Waals surface area contributed by atoms with Gasteiger partial charge in [0.2, 0.25) is 0 Å². The van der Waals surface area contributed by atoms with E-state index in [-0.39, 0.29) is 5.54 Å². The van der Waals surface area contributed by atoms with Crippen molar-refractivity contribution in [3.8, 4) is 11.3 Å². The predicted octanol–water partition coefficient (Wildman–Crippen LogP) is 3.28. The fraction of sp³-hybridized carbons (Fsp3) is 0.471. The minimum absolute atomic E-state index is 0.0767. The van der Waals surface area contributed by atoms with E-state index >= 15 is 0 Å². The average Bonchev–Trinajstić information content (AvgIpc) is 2.94. The third kappa shape index (κ3) is 3.70. The van der Waals surface area contributed by atoms with E-state index in [1.54, 1.807) is 11.3 Å². The number of hydrogen-bond donors (Lipinski definition) is 1. The summed E-state index contributed by atoms with van der Waals surface area (Å²) >= 11 is 1.75. The second-order valence-corrected chi connectivity index (χ2v) is 7.03. The first kappa shape index (κ1) is 16.1. The highest BCUT2D eigenvalue weighted by molar-refractivity contribution is 7.09. The van der Waals surface area contributed by atoms with Gasteiger partial charge in [-0.15, -0.1) is 11.3 Å². The van der Waals surface area contributed by atoms with Crippen molar-refractivity contribution in [2.75, 3.05) is 21.1 Å². The highest BCUT2D eigenvalue weighted by Gasteiger charge is 2.31. The van der Waals surface area contributed by atoms with Crippen LogP contribution < -0.4 is 5.32 Å². The maximum Gasteiger partial charge on any atom is 0.0948 e. The van der Waals surface area contributed by atoms with E-state index in [1.807, 2.05) is 13.1 Å². The van der Waals surface area contributed by atoms with Gasteiger partial charge in [-0.3, -0.25) is 0 Å². The molecule has 0 radical (unpaired) electrons. The largest absolute Gasteiger partial charge is 0.315 e. The maximum atomic E-state index is 4.80. The van der Waals surface area contributed by atoms with Crippen molar-refractivity contribution in [3.05, 3.63) is 40.7 Å². The first-order chi connectivity index (χ1) is 9.95. The molecule has 2 rings (SSSR count). The third-order valence-corrected chi connectivity index (χ3v) is 5.23. The maximum absolute atomic E-state index is 4.80. The van der Waals surface area contributed by atoms with Crippen molar-refractivity contribution in [2.45, 2.75) is 31.8 Å². The quantitative estimate of drug-likeness (QED) is 0.887. The van der Waals surface area contributed by atoms with Crippen LogP contribution in [0.1, 0.15) is 18.9 Å². The Hall–Kier alpha value is -1.23. The summed E-state index contributed by atoms with van der Waals surface area (Å²) in [6.45, 7) is 4.53. The van der Waals surface area contributed by atoms with E-state index in [9.17, 15) is 0 Å². The van der Waals surface area contributed by atoms with E-state index in [2.05, 4.69) is 67.8 Å². The van der Waals surface area contributed by atoms with E-state index in [1.165, 1.54) is 10.6 Å². The molecule has 0 aliphatic heterocycles. The van der Waals surface area contributed by atoms with Crippen LogP contribution in [0.2, 0.25) is 0 Å². The van der Waals surface area contributed by atoms with E-state index < -0.39 is 0 Å². The summed E-state index contributed by atoms with van der Waals surface area (Å²) in [4.78, 5) is 7.06. The lowest BCUT2D eigenvalue weighted by atomic mass is 9.91. The molecule has 0 saturated carbocycles. The van der Waals surface area contributed by atoms with E-state index in [0.717, 1.165) is 12.1 Å². The van der Waals surface area contributed by atoms with Gasteiger partial charge in [0.1, 0.15) is 0 Å². The third-order valence-electron chi connectivity index (χ3n) is 4.35. The molecule has 0 fully saturated rings. The van der Waals surface area contributed by atoms with Gasteiger partial charge < -0.3 is 10.2 Å². The van der Waals surface area contributed by atoms with Crippen molar-refractivity contribution < 1.29 is 0 Å². The standard InChI is InChI=1S/C17H25N3S/c1-17(2,20(4)5)15(18-3)11-16-19-14(12-21-16)13-9-7-6-8-10-13/h6-10,12,15,18H,11H2,1-5H3. The molecule has 1 heterocycles. The van der Waals surface area contributed by atoms with Crippen LogP contribution >= 0.6 is 11.3 Å². The van der Waals surface area contributed by atoms with Crippen LogP contribution in [-0.2, 0) is 6.42 Å². The number of aromatic nitrogens is 1. The summed E-state index contributed by atoms with van der Waals surface area (Å²) in [5.74, 6) is 0. The molecule has 0 bridgehead atoms. The summed E-state index contributed by atoms with van der Waals surface area (Å²) in [5, 5.41) is 6.78. The molecule has 21 heavy (non-hydrogen) atoms. The van der Waals surface area contributed by atoms with Crippen LogP contribution in [0.15, 0.2) is 35.7 Å². The van der Waals surface area contributed by atoms with Crippen molar-refractivity contribution in [3.63, 3.8) is 0 Å². The molecule has 1 unspecified atom stereocenters. The molecule has 3 nitrogen and oxygen atoms in total. The topological polar surface area (TPSA) is 28.2 Å². The zero-order valence-electron chi connectivity index (χ0n) is 13.6. The van der Waals surface area contributed by atoms with Crippen molar-refractivity contribution >= 4 is 11.3 Å². The number of hydrogen-bond acceptors (Lipinski definition) is 4. The van der Waals surface area contributed by atoms with Gasteiger partial charge in [-0.25, -0.2) is 4.98 Å². The normalized spacial score (nSPS) is 13.6. The molecule has 114 valence electrons. The Morgan fingerprint density at radius 1 is 1.24 bits per heavy atom. The smallest absolute Gasteiger partial charge is 0.0948 e. The molecule has 0 aliphatic carbocycles. The highest BCUT2D eigenvalue weighted by atomic mass is 32.1. The number of benzene rings is 1. The summed E-state index contributed by atoms with van der Waals surface area (Å²) in [5.41, 5.74) is 2.34. The minimum atomic E-state index is 0.0767. The molecule has 1 atom stereocenters. The summed E-state index contributed by atoms with van der Waals surface area (Å²) < 4.78 is 0. The second kappa shape index (κ2) is 6.69. The Labute approximate surface area is 132 Å². The molecular formula is C17H25N3S. The van der Waals surface area contributed by atoms with Gasteiger partial charge in [-0.2, -0.15) is 0 Å². The van der Waals surface area contributed by atoms with Gasteiger partial charge in [-0.05, 0) is 35.0 Å². The lowest BCUT2D eigenvalue weighted by Gasteiger charge is -2.39. The first-order valence-corrected chi connectivity index (χ1v) is 8.17. The number of nitrogens with one attached hydrogen (secondary N) is 1. The van der Waals surface area contributed by atoms with E-state index in [4.69, 9.17) is 4.98 Å². The van der Waals surface area contributed by atoms with Gasteiger partial charge in [0.05, 0.1) is 10.7 Å². The van der Waals surface area contributed by atoms with Crippen LogP contribution in [0.4, 0.5) is 0 Å². The lowest BCUT2D eigenvalue weighted by molar-refractivity contribution is 0.141. The Kier molecular flexibility index (Phi) is 5.14. The monoisotopic (exact) mass is 303 g/mol.